The van der Waals surface area contributed by atoms with Crippen LogP contribution in [0, 0.1) is 6.92 Å². The monoisotopic (exact) mass is 374 g/mol. The lowest BCUT2D eigenvalue weighted by Crippen LogP contribution is -2.48. The number of hydrogen-bond acceptors (Lipinski definition) is 4. The first kappa shape index (κ1) is 19.7. The number of amides is 1. The van der Waals surface area contributed by atoms with Gasteiger partial charge in [-0.05, 0) is 37.8 Å². The van der Waals surface area contributed by atoms with Crippen LogP contribution in [-0.2, 0) is 21.5 Å². The number of rotatable bonds is 5. The highest BCUT2D eigenvalue weighted by molar-refractivity contribution is 5.84. The molecule has 6 heteroatoms. The van der Waals surface area contributed by atoms with E-state index in [1.807, 2.05) is 6.92 Å². The first-order valence-corrected chi connectivity index (χ1v) is 9.94. The lowest BCUT2D eigenvalue weighted by Gasteiger charge is -2.35. The summed E-state index contributed by atoms with van der Waals surface area (Å²) >= 11 is 0. The number of ether oxygens (including phenoxy) is 1. The smallest absolute Gasteiger partial charge is 0.407 e. The molecule has 0 aromatic heterocycles. The van der Waals surface area contributed by atoms with Gasteiger partial charge in [0.2, 0.25) is 0 Å². The number of hydrogen-bond donors (Lipinski definition) is 1. The minimum Gasteiger partial charge on any atom is -0.465 e. The standard InChI is InChI=1S/C21H30N2O4/c1-3-27-19(24)21(8-4-5-9-21)18-14-16(2)6-7-17(18)15-22-10-12-23(13-11-22)20(25)26/h6-7,14H,3-5,8-13,15H2,1-2H3,(H,25,26). The number of esters is 1. The van der Waals surface area contributed by atoms with Crippen LogP contribution in [0.15, 0.2) is 18.2 Å². The van der Waals surface area contributed by atoms with Crippen LogP contribution in [0.2, 0.25) is 0 Å². The van der Waals surface area contributed by atoms with E-state index in [-0.39, 0.29) is 5.97 Å². The third-order valence-electron chi connectivity index (χ3n) is 5.94. The largest absolute Gasteiger partial charge is 0.465 e. The fraction of sp³-hybridized carbons (Fsp3) is 0.619. The summed E-state index contributed by atoms with van der Waals surface area (Å²) < 4.78 is 5.48. The molecule has 27 heavy (non-hydrogen) atoms. The van der Waals surface area contributed by atoms with E-state index in [1.165, 1.54) is 10.5 Å². The van der Waals surface area contributed by atoms with Gasteiger partial charge in [0.05, 0.1) is 12.0 Å². The molecule has 1 heterocycles. The number of nitrogens with zero attached hydrogens (tertiary/aromatic N) is 2. The average molecular weight is 374 g/mol. The van der Waals surface area contributed by atoms with Crippen LogP contribution in [0.4, 0.5) is 4.79 Å². The lowest BCUT2D eigenvalue weighted by molar-refractivity contribution is -0.150. The van der Waals surface area contributed by atoms with Gasteiger partial charge in [0.15, 0.2) is 0 Å². The summed E-state index contributed by atoms with van der Waals surface area (Å²) in [5.74, 6) is -0.0925. The van der Waals surface area contributed by atoms with Crippen molar-refractivity contribution >= 4 is 12.1 Å². The van der Waals surface area contributed by atoms with Crippen molar-refractivity contribution in [1.29, 1.82) is 0 Å². The summed E-state index contributed by atoms with van der Waals surface area (Å²) in [5.41, 5.74) is 2.90. The molecule has 1 aliphatic heterocycles. The Morgan fingerprint density at radius 1 is 1.15 bits per heavy atom. The molecule has 1 aliphatic carbocycles. The van der Waals surface area contributed by atoms with Gasteiger partial charge in [-0.3, -0.25) is 9.69 Å². The molecule has 0 bridgehead atoms. The molecule has 1 aromatic carbocycles. The maximum Gasteiger partial charge on any atom is 0.407 e. The fourth-order valence-electron chi connectivity index (χ4n) is 4.44. The van der Waals surface area contributed by atoms with Gasteiger partial charge >= 0.3 is 12.1 Å². The average Bonchev–Trinajstić information content (AvgIpc) is 3.15. The van der Waals surface area contributed by atoms with Crippen molar-refractivity contribution < 1.29 is 19.4 Å². The molecule has 1 aromatic rings. The van der Waals surface area contributed by atoms with Gasteiger partial charge in [-0.1, -0.05) is 36.6 Å². The zero-order valence-electron chi connectivity index (χ0n) is 16.4. The van der Waals surface area contributed by atoms with Gasteiger partial charge in [0, 0.05) is 32.7 Å². The molecular formula is C21H30N2O4. The Labute approximate surface area is 161 Å². The van der Waals surface area contributed by atoms with E-state index >= 15 is 0 Å². The molecule has 2 fully saturated rings. The maximum absolute atomic E-state index is 12.9. The summed E-state index contributed by atoms with van der Waals surface area (Å²) in [6.45, 7) is 7.55. The Morgan fingerprint density at radius 2 is 1.81 bits per heavy atom. The summed E-state index contributed by atoms with van der Waals surface area (Å²) in [7, 11) is 0. The number of carbonyl (C=O) groups is 2. The molecule has 1 saturated heterocycles. The van der Waals surface area contributed by atoms with Crippen molar-refractivity contribution in [3.05, 3.63) is 34.9 Å². The molecule has 0 radical (unpaired) electrons. The second-order valence-electron chi connectivity index (χ2n) is 7.72. The molecule has 3 rings (SSSR count). The van der Waals surface area contributed by atoms with Crippen molar-refractivity contribution in [1.82, 2.24) is 9.80 Å². The lowest BCUT2D eigenvalue weighted by atomic mass is 9.76. The van der Waals surface area contributed by atoms with E-state index in [9.17, 15) is 9.59 Å². The molecule has 0 unspecified atom stereocenters. The highest BCUT2D eigenvalue weighted by Crippen LogP contribution is 2.44. The minimum atomic E-state index is -0.849. The zero-order valence-corrected chi connectivity index (χ0v) is 16.4. The van der Waals surface area contributed by atoms with E-state index in [4.69, 9.17) is 9.84 Å². The summed E-state index contributed by atoms with van der Waals surface area (Å²) in [5, 5.41) is 9.13. The number of benzene rings is 1. The zero-order chi connectivity index (χ0) is 19.4. The van der Waals surface area contributed by atoms with E-state index in [1.54, 1.807) is 0 Å². The second-order valence-corrected chi connectivity index (χ2v) is 7.72. The predicted molar refractivity (Wildman–Crippen MR) is 103 cm³/mol. The van der Waals surface area contributed by atoms with Crippen molar-refractivity contribution in [2.24, 2.45) is 0 Å². The number of carboxylic acid groups (broad SMARTS) is 1. The second kappa shape index (κ2) is 8.30. The molecule has 6 nitrogen and oxygen atoms in total. The first-order valence-electron chi connectivity index (χ1n) is 9.94. The van der Waals surface area contributed by atoms with Gasteiger partial charge in [0.25, 0.3) is 0 Å². The summed E-state index contributed by atoms with van der Waals surface area (Å²) in [6.07, 6.45) is 2.93. The van der Waals surface area contributed by atoms with Crippen LogP contribution in [0.3, 0.4) is 0 Å². The van der Waals surface area contributed by atoms with Crippen LogP contribution >= 0.6 is 0 Å². The number of aryl methyl sites for hydroxylation is 1. The fourth-order valence-corrected chi connectivity index (χ4v) is 4.44. The van der Waals surface area contributed by atoms with Gasteiger partial charge in [-0.15, -0.1) is 0 Å². The highest BCUT2D eigenvalue weighted by atomic mass is 16.5. The third-order valence-corrected chi connectivity index (χ3v) is 5.94. The number of carbonyl (C=O) groups excluding carboxylic acids is 1. The Hall–Kier alpha value is -2.08. The predicted octanol–water partition coefficient (Wildman–Crippen LogP) is 3.17. The van der Waals surface area contributed by atoms with Crippen molar-refractivity contribution in [2.75, 3.05) is 32.8 Å². The third kappa shape index (κ3) is 4.10. The van der Waals surface area contributed by atoms with E-state index in [2.05, 4.69) is 30.0 Å². The first-order chi connectivity index (χ1) is 13.0. The number of piperazine rings is 1. The maximum atomic E-state index is 12.9. The topological polar surface area (TPSA) is 70.1 Å². The summed E-state index contributed by atoms with van der Waals surface area (Å²) in [6, 6.07) is 6.39. The molecule has 1 amide bonds. The molecule has 1 saturated carbocycles. The SMILES string of the molecule is CCOC(=O)C1(c2cc(C)ccc2CN2CCN(C(=O)O)CC2)CCCC1. The Balaban J connectivity index is 1.85. The van der Waals surface area contributed by atoms with Crippen molar-refractivity contribution in [3.8, 4) is 0 Å². The van der Waals surface area contributed by atoms with Crippen molar-refractivity contribution in [3.63, 3.8) is 0 Å². The molecule has 1 N–H and O–H groups in total. The molecule has 0 spiro atoms. The van der Waals surface area contributed by atoms with Crippen LogP contribution in [0.25, 0.3) is 0 Å². The van der Waals surface area contributed by atoms with Crippen LogP contribution in [0.5, 0.6) is 0 Å². The molecule has 0 atom stereocenters. The van der Waals surface area contributed by atoms with Crippen molar-refractivity contribution in [2.45, 2.75) is 51.5 Å². The van der Waals surface area contributed by atoms with Gasteiger partial charge in [0.1, 0.15) is 0 Å². The minimum absolute atomic E-state index is 0.0925. The molecule has 2 aliphatic rings. The van der Waals surface area contributed by atoms with E-state index in [0.717, 1.165) is 43.4 Å². The normalized spacial score (nSPS) is 19.9. The Morgan fingerprint density at radius 3 is 2.41 bits per heavy atom. The van der Waals surface area contributed by atoms with Crippen LogP contribution < -0.4 is 0 Å². The quantitative estimate of drug-likeness (QED) is 0.802. The van der Waals surface area contributed by atoms with Gasteiger partial charge in [-0.25, -0.2) is 4.79 Å². The van der Waals surface area contributed by atoms with E-state index in [0.29, 0.717) is 32.8 Å². The van der Waals surface area contributed by atoms with Gasteiger partial charge < -0.3 is 14.7 Å². The highest BCUT2D eigenvalue weighted by Gasteiger charge is 2.45. The molecule has 148 valence electrons. The Bertz CT molecular complexity index is 689. The summed E-state index contributed by atoms with van der Waals surface area (Å²) in [4.78, 5) is 27.8. The van der Waals surface area contributed by atoms with Crippen LogP contribution in [0.1, 0.15) is 49.3 Å². The Kier molecular flexibility index (Phi) is 6.05. The van der Waals surface area contributed by atoms with Gasteiger partial charge in [-0.2, -0.15) is 0 Å². The molecular weight excluding hydrogens is 344 g/mol. The van der Waals surface area contributed by atoms with Crippen LogP contribution in [-0.4, -0.2) is 59.8 Å². The van der Waals surface area contributed by atoms with E-state index < -0.39 is 11.5 Å².